The minimum absolute atomic E-state index is 0.299. The predicted molar refractivity (Wildman–Crippen MR) is 65.2 cm³/mol. The molecule has 1 aromatic heterocycles. The highest BCUT2D eigenvalue weighted by Crippen LogP contribution is 2.43. The number of allylic oxidation sites excluding steroid dienone is 4. The quantitative estimate of drug-likeness (QED) is 0.638. The van der Waals surface area contributed by atoms with Crippen molar-refractivity contribution in [2.24, 2.45) is 11.3 Å². The van der Waals surface area contributed by atoms with E-state index in [0.29, 0.717) is 11.3 Å². The van der Waals surface area contributed by atoms with Crippen LogP contribution in [0.3, 0.4) is 0 Å². The Balaban J connectivity index is 2.00. The molecule has 2 aliphatic carbocycles. The standard InChI is InChI=1S/C15H18O/c1-15(2)8-3-4-12-10-14-11(7-9-16-14)5-6-13(12)15/h3-4,7-9,13H,5-6,10H2,1-2H3. The van der Waals surface area contributed by atoms with Crippen molar-refractivity contribution in [2.45, 2.75) is 33.1 Å². The zero-order valence-corrected chi connectivity index (χ0v) is 9.99. The van der Waals surface area contributed by atoms with Gasteiger partial charge in [-0.15, -0.1) is 0 Å². The van der Waals surface area contributed by atoms with Gasteiger partial charge >= 0.3 is 0 Å². The molecule has 1 nitrogen and oxygen atoms in total. The first-order valence-electron chi connectivity index (χ1n) is 6.10. The average molecular weight is 214 g/mol. The third kappa shape index (κ3) is 1.46. The lowest BCUT2D eigenvalue weighted by molar-refractivity contribution is 0.303. The van der Waals surface area contributed by atoms with Crippen molar-refractivity contribution in [3.63, 3.8) is 0 Å². The minimum atomic E-state index is 0.299. The third-order valence-electron chi connectivity index (χ3n) is 4.09. The number of rotatable bonds is 0. The van der Waals surface area contributed by atoms with Crippen LogP contribution in [0.1, 0.15) is 31.6 Å². The summed E-state index contributed by atoms with van der Waals surface area (Å²) in [6, 6.07) is 2.13. The molecule has 1 aromatic rings. The summed E-state index contributed by atoms with van der Waals surface area (Å²) in [6.07, 6.45) is 12.1. The molecule has 0 radical (unpaired) electrons. The maximum atomic E-state index is 5.59. The smallest absolute Gasteiger partial charge is 0.110 e. The second-order valence-electron chi connectivity index (χ2n) is 5.56. The van der Waals surface area contributed by atoms with E-state index in [1.54, 1.807) is 5.57 Å². The van der Waals surface area contributed by atoms with Gasteiger partial charge in [-0.2, -0.15) is 0 Å². The van der Waals surface area contributed by atoms with E-state index in [4.69, 9.17) is 4.42 Å². The van der Waals surface area contributed by atoms with Crippen molar-refractivity contribution >= 4 is 0 Å². The summed E-state index contributed by atoms with van der Waals surface area (Å²) in [7, 11) is 0. The summed E-state index contributed by atoms with van der Waals surface area (Å²) in [5.74, 6) is 1.86. The normalized spacial score (nSPS) is 26.6. The fourth-order valence-corrected chi connectivity index (χ4v) is 3.10. The Morgan fingerprint density at radius 3 is 3.12 bits per heavy atom. The number of furan rings is 1. The first-order valence-corrected chi connectivity index (χ1v) is 6.10. The molecule has 0 aromatic carbocycles. The SMILES string of the molecule is CC1(C)C=CC=C2Cc3occc3CCC21. The van der Waals surface area contributed by atoms with E-state index in [2.05, 4.69) is 38.1 Å². The second kappa shape index (κ2) is 3.38. The molecule has 0 spiro atoms. The van der Waals surface area contributed by atoms with E-state index in [1.807, 2.05) is 6.26 Å². The van der Waals surface area contributed by atoms with Crippen LogP contribution in [0.4, 0.5) is 0 Å². The van der Waals surface area contributed by atoms with Crippen molar-refractivity contribution in [3.8, 4) is 0 Å². The third-order valence-corrected chi connectivity index (χ3v) is 4.09. The first kappa shape index (κ1) is 9.95. The van der Waals surface area contributed by atoms with Crippen LogP contribution in [-0.4, -0.2) is 0 Å². The van der Waals surface area contributed by atoms with Crippen LogP contribution < -0.4 is 0 Å². The Kier molecular flexibility index (Phi) is 2.10. The summed E-state index contributed by atoms with van der Waals surface area (Å²) in [5, 5.41) is 0. The van der Waals surface area contributed by atoms with Gasteiger partial charge in [-0.1, -0.05) is 37.6 Å². The highest BCUT2D eigenvalue weighted by Gasteiger charge is 2.34. The van der Waals surface area contributed by atoms with Gasteiger partial charge in [0.2, 0.25) is 0 Å². The Bertz CT molecular complexity index is 460. The molecule has 0 fully saturated rings. The molecule has 2 aliphatic rings. The van der Waals surface area contributed by atoms with Gasteiger partial charge < -0.3 is 4.42 Å². The van der Waals surface area contributed by atoms with Crippen LogP contribution >= 0.6 is 0 Å². The molecular weight excluding hydrogens is 196 g/mol. The van der Waals surface area contributed by atoms with Gasteiger partial charge in [-0.25, -0.2) is 0 Å². The van der Waals surface area contributed by atoms with Crippen LogP contribution in [0.2, 0.25) is 0 Å². The molecule has 0 saturated carbocycles. The molecule has 1 heterocycles. The molecule has 0 saturated heterocycles. The van der Waals surface area contributed by atoms with E-state index >= 15 is 0 Å². The molecule has 3 rings (SSSR count). The Labute approximate surface area is 96.8 Å². The maximum absolute atomic E-state index is 5.59. The lowest BCUT2D eigenvalue weighted by Crippen LogP contribution is -2.26. The Morgan fingerprint density at radius 1 is 1.38 bits per heavy atom. The number of fused-ring (bicyclic) bond motifs is 2. The molecule has 1 unspecified atom stereocenters. The molecule has 1 atom stereocenters. The van der Waals surface area contributed by atoms with Crippen molar-refractivity contribution < 1.29 is 4.42 Å². The zero-order valence-electron chi connectivity index (χ0n) is 9.99. The van der Waals surface area contributed by atoms with Gasteiger partial charge in [0.1, 0.15) is 5.76 Å². The van der Waals surface area contributed by atoms with Crippen molar-refractivity contribution in [2.75, 3.05) is 0 Å². The second-order valence-corrected chi connectivity index (χ2v) is 5.56. The first-order chi connectivity index (χ1) is 7.67. The van der Waals surface area contributed by atoms with E-state index < -0.39 is 0 Å². The van der Waals surface area contributed by atoms with Crippen LogP contribution in [0, 0.1) is 11.3 Å². The fourth-order valence-electron chi connectivity index (χ4n) is 3.10. The molecule has 0 amide bonds. The molecule has 0 bridgehead atoms. The predicted octanol–water partition coefficient (Wildman–Crippen LogP) is 3.91. The van der Waals surface area contributed by atoms with Gasteiger partial charge in [0.25, 0.3) is 0 Å². The summed E-state index contributed by atoms with van der Waals surface area (Å²) in [5.41, 5.74) is 3.25. The van der Waals surface area contributed by atoms with Gasteiger partial charge in [0.05, 0.1) is 6.26 Å². The van der Waals surface area contributed by atoms with Gasteiger partial charge in [-0.05, 0) is 35.8 Å². The summed E-state index contributed by atoms with van der Waals surface area (Å²) in [6.45, 7) is 4.68. The lowest BCUT2D eigenvalue weighted by atomic mass is 9.70. The maximum Gasteiger partial charge on any atom is 0.110 e. The number of hydrogen-bond donors (Lipinski definition) is 0. The topological polar surface area (TPSA) is 13.1 Å². The minimum Gasteiger partial charge on any atom is -0.469 e. The molecule has 16 heavy (non-hydrogen) atoms. The highest BCUT2D eigenvalue weighted by atomic mass is 16.3. The Morgan fingerprint density at radius 2 is 2.25 bits per heavy atom. The molecule has 0 N–H and O–H groups in total. The van der Waals surface area contributed by atoms with Gasteiger partial charge in [0, 0.05) is 6.42 Å². The largest absolute Gasteiger partial charge is 0.469 e. The van der Waals surface area contributed by atoms with E-state index in [0.717, 1.165) is 12.8 Å². The fraction of sp³-hybridized carbons (Fsp3) is 0.467. The van der Waals surface area contributed by atoms with E-state index in [-0.39, 0.29) is 0 Å². The average Bonchev–Trinajstić information content (AvgIpc) is 2.57. The lowest BCUT2D eigenvalue weighted by Gasteiger charge is -2.35. The van der Waals surface area contributed by atoms with E-state index in [9.17, 15) is 0 Å². The molecule has 1 heteroatoms. The molecule has 0 aliphatic heterocycles. The summed E-state index contributed by atoms with van der Waals surface area (Å²) >= 11 is 0. The Hall–Kier alpha value is -1.24. The highest BCUT2D eigenvalue weighted by molar-refractivity contribution is 5.33. The summed E-state index contributed by atoms with van der Waals surface area (Å²) in [4.78, 5) is 0. The molecular formula is C15H18O. The van der Waals surface area contributed by atoms with Gasteiger partial charge in [0.15, 0.2) is 0 Å². The number of hydrogen-bond acceptors (Lipinski definition) is 1. The van der Waals surface area contributed by atoms with E-state index in [1.165, 1.54) is 17.7 Å². The van der Waals surface area contributed by atoms with Crippen LogP contribution in [0.25, 0.3) is 0 Å². The zero-order chi connectivity index (χ0) is 11.2. The molecule has 84 valence electrons. The summed E-state index contributed by atoms with van der Waals surface area (Å²) < 4.78 is 5.59. The van der Waals surface area contributed by atoms with Gasteiger partial charge in [-0.3, -0.25) is 0 Å². The van der Waals surface area contributed by atoms with Crippen molar-refractivity contribution in [3.05, 3.63) is 47.5 Å². The van der Waals surface area contributed by atoms with Crippen molar-refractivity contribution in [1.82, 2.24) is 0 Å². The monoisotopic (exact) mass is 214 g/mol. The number of aryl methyl sites for hydroxylation is 1. The van der Waals surface area contributed by atoms with Crippen molar-refractivity contribution in [1.29, 1.82) is 0 Å². The van der Waals surface area contributed by atoms with Crippen LogP contribution in [0.5, 0.6) is 0 Å². The van der Waals surface area contributed by atoms with Crippen LogP contribution in [-0.2, 0) is 12.8 Å². The van der Waals surface area contributed by atoms with Crippen LogP contribution in [0.15, 0.2) is 40.5 Å².